The first-order valence-electron chi connectivity index (χ1n) is 12.0. The first kappa shape index (κ1) is 25.5. The number of amides is 1. The highest BCUT2D eigenvalue weighted by atomic mass is 16.1. The summed E-state index contributed by atoms with van der Waals surface area (Å²) in [5, 5.41) is 3.18. The molecule has 0 radical (unpaired) electrons. The molecule has 0 spiro atoms. The minimum absolute atomic E-state index is 0.263. The van der Waals surface area contributed by atoms with E-state index in [1.54, 1.807) is 0 Å². The number of nitrogens with one attached hydrogen (secondary N) is 1. The van der Waals surface area contributed by atoms with Crippen LogP contribution in [0.5, 0.6) is 0 Å². The van der Waals surface area contributed by atoms with Gasteiger partial charge in [0.2, 0.25) is 5.91 Å². The molecule has 0 aliphatic carbocycles. The van der Waals surface area contributed by atoms with Crippen LogP contribution in [0.25, 0.3) is 0 Å². The van der Waals surface area contributed by atoms with Gasteiger partial charge in [0.05, 0.1) is 0 Å². The zero-order chi connectivity index (χ0) is 19.3. The molecule has 0 aromatic carbocycles. The minimum atomic E-state index is 0.263. The van der Waals surface area contributed by atoms with Crippen LogP contribution in [0.2, 0.25) is 0 Å². The van der Waals surface area contributed by atoms with Crippen LogP contribution in [0, 0.1) is 0 Å². The van der Waals surface area contributed by atoms with Gasteiger partial charge in [0.25, 0.3) is 0 Å². The first-order chi connectivity index (χ1) is 12.7. The summed E-state index contributed by atoms with van der Waals surface area (Å²) in [4.78, 5) is 12.0. The highest BCUT2D eigenvalue weighted by molar-refractivity contribution is 5.76. The number of carbonyl (C=O) groups is 1. The maximum absolute atomic E-state index is 12.0. The summed E-state index contributed by atoms with van der Waals surface area (Å²) in [5.41, 5.74) is 0. The number of rotatable bonds is 20. The molecule has 0 aromatic rings. The quantitative estimate of drug-likeness (QED) is 0.217. The smallest absolute Gasteiger partial charge is 0.220 e. The summed E-state index contributed by atoms with van der Waals surface area (Å²) < 4.78 is 0. The van der Waals surface area contributed by atoms with Crippen molar-refractivity contribution in [3.63, 3.8) is 0 Å². The van der Waals surface area contributed by atoms with Crippen molar-refractivity contribution in [3.05, 3.63) is 0 Å². The Morgan fingerprint density at radius 3 is 1.46 bits per heavy atom. The fraction of sp³-hybridized carbons (Fsp3) is 0.958. The van der Waals surface area contributed by atoms with Crippen LogP contribution < -0.4 is 5.32 Å². The fourth-order valence-corrected chi connectivity index (χ4v) is 3.60. The summed E-state index contributed by atoms with van der Waals surface area (Å²) in [5.74, 6) is 0.263. The highest BCUT2D eigenvalue weighted by Crippen LogP contribution is 2.12. The molecule has 0 bridgehead atoms. The topological polar surface area (TPSA) is 29.1 Å². The van der Waals surface area contributed by atoms with Gasteiger partial charge >= 0.3 is 0 Å². The number of hydrogen-bond donors (Lipinski definition) is 1. The van der Waals surface area contributed by atoms with Crippen molar-refractivity contribution in [2.45, 2.75) is 149 Å². The van der Waals surface area contributed by atoms with E-state index in [4.69, 9.17) is 0 Å². The normalized spacial score (nSPS) is 12.3. The summed E-state index contributed by atoms with van der Waals surface area (Å²) in [6.45, 7) is 6.70. The molecule has 0 aromatic heterocycles. The van der Waals surface area contributed by atoms with Gasteiger partial charge < -0.3 is 5.32 Å². The van der Waals surface area contributed by atoms with Gasteiger partial charge in [0.1, 0.15) is 0 Å². The second-order valence-corrected chi connectivity index (χ2v) is 8.31. The van der Waals surface area contributed by atoms with Crippen LogP contribution in [0.15, 0.2) is 0 Å². The molecule has 0 aliphatic rings. The van der Waals surface area contributed by atoms with E-state index in [-0.39, 0.29) is 5.91 Å². The van der Waals surface area contributed by atoms with Crippen LogP contribution >= 0.6 is 0 Å². The largest absolute Gasteiger partial charge is 0.354 e. The maximum Gasteiger partial charge on any atom is 0.220 e. The third-order valence-corrected chi connectivity index (χ3v) is 5.41. The van der Waals surface area contributed by atoms with Crippen molar-refractivity contribution < 1.29 is 4.79 Å². The van der Waals surface area contributed by atoms with Crippen LogP contribution in [-0.4, -0.2) is 11.9 Å². The molecule has 2 nitrogen and oxygen atoms in total. The molecule has 1 amide bonds. The van der Waals surface area contributed by atoms with Crippen LogP contribution in [0.1, 0.15) is 143 Å². The average Bonchev–Trinajstić information content (AvgIpc) is 2.62. The SMILES string of the molecule is CCCCCCCCCCCC(C)NC(=O)CCCCCCCCCC. The third-order valence-electron chi connectivity index (χ3n) is 5.41. The summed E-state index contributed by atoms with van der Waals surface area (Å²) >= 11 is 0. The monoisotopic (exact) mass is 367 g/mol. The molecule has 26 heavy (non-hydrogen) atoms. The van der Waals surface area contributed by atoms with Gasteiger partial charge in [0, 0.05) is 12.5 Å². The molecule has 0 fully saturated rings. The Hall–Kier alpha value is -0.530. The predicted octanol–water partition coefficient (Wildman–Crippen LogP) is 7.94. The van der Waals surface area contributed by atoms with Gasteiger partial charge in [-0.3, -0.25) is 4.79 Å². The molecule has 1 unspecified atom stereocenters. The molecule has 0 saturated heterocycles. The third kappa shape index (κ3) is 19.8. The van der Waals surface area contributed by atoms with Crippen molar-refractivity contribution in [1.82, 2.24) is 5.32 Å². The lowest BCUT2D eigenvalue weighted by Crippen LogP contribution is -2.32. The van der Waals surface area contributed by atoms with Crippen molar-refractivity contribution in [3.8, 4) is 0 Å². The molecule has 0 aliphatic heterocycles. The lowest BCUT2D eigenvalue weighted by molar-refractivity contribution is -0.121. The summed E-state index contributed by atoms with van der Waals surface area (Å²) in [6.07, 6.45) is 24.5. The number of hydrogen-bond acceptors (Lipinski definition) is 1. The van der Waals surface area contributed by atoms with Gasteiger partial charge in [-0.2, -0.15) is 0 Å². The minimum Gasteiger partial charge on any atom is -0.354 e. The second kappa shape index (κ2) is 20.8. The van der Waals surface area contributed by atoms with Crippen molar-refractivity contribution in [1.29, 1.82) is 0 Å². The molecule has 1 atom stereocenters. The summed E-state index contributed by atoms with van der Waals surface area (Å²) in [6, 6.07) is 0.348. The van der Waals surface area contributed by atoms with Gasteiger partial charge in [0.15, 0.2) is 0 Å². The molecule has 0 rings (SSSR count). The zero-order valence-corrected chi connectivity index (χ0v) is 18.4. The number of unbranched alkanes of at least 4 members (excludes halogenated alkanes) is 15. The van der Waals surface area contributed by atoms with Crippen LogP contribution in [0.3, 0.4) is 0 Å². The average molecular weight is 368 g/mol. The Morgan fingerprint density at radius 1 is 0.615 bits per heavy atom. The molecule has 0 saturated carbocycles. The molecular weight excluding hydrogens is 318 g/mol. The van der Waals surface area contributed by atoms with Crippen molar-refractivity contribution >= 4 is 5.91 Å². The zero-order valence-electron chi connectivity index (χ0n) is 18.4. The van der Waals surface area contributed by atoms with Gasteiger partial charge in [-0.15, -0.1) is 0 Å². The molecule has 0 heterocycles. The lowest BCUT2D eigenvalue weighted by Gasteiger charge is -2.13. The Bertz CT molecular complexity index is 290. The fourth-order valence-electron chi connectivity index (χ4n) is 3.60. The van der Waals surface area contributed by atoms with E-state index >= 15 is 0 Å². The predicted molar refractivity (Wildman–Crippen MR) is 117 cm³/mol. The van der Waals surface area contributed by atoms with Crippen molar-refractivity contribution in [2.24, 2.45) is 0 Å². The maximum atomic E-state index is 12.0. The van der Waals surface area contributed by atoms with E-state index in [0.29, 0.717) is 6.04 Å². The molecule has 1 N–H and O–H groups in total. The Balaban J connectivity index is 3.32. The molecule has 2 heteroatoms. The van der Waals surface area contributed by atoms with Crippen LogP contribution in [0.4, 0.5) is 0 Å². The van der Waals surface area contributed by atoms with Gasteiger partial charge in [-0.25, -0.2) is 0 Å². The van der Waals surface area contributed by atoms with Gasteiger partial charge in [-0.05, 0) is 19.8 Å². The second-order valence-electron chi connectivity index (χ2n) is 8.31. The molecule has 156 valence electrons. The molecular formula is C24H49NO. The van der Waals surface area contributed by atoms with Crippen molar-refractivity contribution in [2.75, 3.05) is 0 Å². The van der Waals surface area contributed by atoms with E-state index in [9.17, 15) is 4.79 Å². The van der Waals surface area contributed by atoms with E-state index in [2.05, 4.69) is 26.1 Å². The van der Waals surface area contributed by atoms with Gasteiger partial charge in [-0.1, -0.05) is 117 Å². The van der Waals surface area contributed by atoms with E-state index in [1.807, 2.05) is 0 Å². The Kier molecular flexibility index (Phi) is 20.4. The van der Waals surface area contributed by atoms with E-state index < -0.39 is 0 Å². The van der Waals surface area contributed by atoms with E-state index in [0.717, 1.165) is 19.3 Å². The standard InChI is InChI=1S/C24H49NO/c1-4-6-8-10-12-14-15-17-19-21-23(3)25-24(26)22-20-18-16-13-11-9-7-5-2/h23H,4-22H2,1-3H3,(H,25,26). The first-order valence-corrected chi connectivity index (χ1v) is 12.0. The number of carbonyl (C=O) groups excluding carboxylic acids is 1. The lowest BCUT2D eigenvalue weighted by atomic mass is 10.0. The highest BCUT2D eigenvalue weighted by Gasteiger charge is 2.06. The summed E-state index contributed by atoms with van der Waals surface area (Å²) in [7, 11) is 0. The Labute approximate surface area is 165 Å². The Morgan fingerprint density at radius 2 is 1.00 bits per heavy atom. The van der Waals surface area contributed by atoms with Crippen LogP contribution in [-0.2, 0) is 4.79 Å². The van der Waals surface area contributed by atoms with E-state index in [1.165, 1.54) is 103 Å².